The number of benzene rings is 1. The van der Waals surface area contributed by atoms with Crippen LogP contribution in [0.1, 0.15) is 17.0 Å². The van der Waals surface area contributed by atoms with Crippen LogP contribution in [0.15, 0.2) is 23.1 Å². The summed E-state index contributed by atoms with van der Waals surface area (Å²) in [6.45, 7) is 4.93. The molecule has 1 aromatic carbocycles. The number of aromatic nitrogens is 3. The van der Waals surface area contributed by atoms with Gasteiger partial charge >= 0.3 is 6.18 Å². The van der Waals surface area contributed by atoms with E-state index in [4.69, 9.17) is 12.2 Å². The van der Waals surface area contributed by atoms with Gasteiger partial charge in [-0.3, -0.25) is 9.47 Å². The molecule has 2 heterocycles. The molecule has 0 aliphatic carbocycles. The SMILES string of the molecule is Cc1ccc(S(=O)(=O)N2CCN(Cn3nc(C(F)(F)F)n(C)c3=S)CC2)c(C)c1. The van der Waals surface area contributed by atoms with Crippen LogP contribution in [0, 0.1) is 18.6 Å². The van der Waals surface area contributed by atoms with Gasteiger partial charge in [-0.1, -0.05) is 17.7 Å². The Morgan fingerprint density at radius 2 is 1.76 bits per heavy atom. The molecule has 29 heavy (non-hydrogen) atoms. The molecule has 1 aliphatic rings. The maximum Gasteiger partial charge on any atom is 0.451 e. The van der Waals surface area contributed by atoms with Gasteiger partial charge in [0.25, 0.3) is 0 Å². The van der Waals surface area contributed by atoms with Gasteiger partial charge < -0.3 is 0 Å². The van der Waals surface area contributed by atoms with Crippen LogP contribution in [0.2, 0.25) is 0 Å². The second-order valence-corrected chi connectivity index (χ2v) is 9.37. The van der Waals surface area contributed by atoms with Gasteiger partial charge in [0.1, 0.15) is 0 Å². The molecule has 0 atom stereocenters. The van der Waals surface area contributed by atoms with Gasteiger partial charge in [0.15, 0.2) is 4.77 Å². The summed E-state index contributed by atoms with van der Waals surface area (Å²) in [7, 11) is -2.40. The minimum absolute atomic E-state index is 0.0392. The Hall–Kier alpha value is -1.76. The van der Waals surface area contributed by atoms with Crippen LogP contribution < -0.4 is 0 Å². The zero-order chi connectivity index (χ0) is 21.6. The number of halogens is 3. The van der Waals surface area contributed by atoms with Crippen LogP contribution in [0.25, 0.3) is 0 Å². The number of hydrogen-bond acceptors (Lipinski definition) is 5. The molecule has 0 amide bonds. The molecule has 0 saturated carbocycles. The predicted octanol–water partition coefficient (Wildman–Crippen LogP) is 2.55. The smallest absolute Gasteiger partial charge is 0.299 e. The highest BCUT2D eigenvalue weighted by Gasteiger charge is 2.37. The molecule has 0 N–H and O–H groups in total. The van der Waals surface area contributed by atoms with Crippen LogP contribution in [0.4, 0.5) is 13.2 Å². The molecule has 1 fully saturated rings. The highest BCUT2D eigenvalue weighted by Crippen LogP contribution is 2.27. The van der Waals surface area contributed by atoms with Crippen molar-refractivity contribution < 1.29 is 21.6 Å². The van der Waals surface area contributed by atoms with E-state index < -0.39 is 22.0 Å². The number of piperazine rings is 1. The normalized spacial score (nSPS) is 17.0. The maximum absolute atomic E-state index is 13.0. The summed E-state index contributed by atoms with van der Waals surface area (Å²) in [5.41, 5.74) is 1.67. The summed E-state index contributed by atoms with van der Waals surface area (Å²) in [5.74, 6) is -1.06. The van der Waals surface area contributed by atoms with Crippen LogP contribution in [-0.2, 0) is 29.9 Å². The van der Waals surface area contributed by atoms with Crippen molar-refractivity contribution in [1.29, 1.82) is 0 Å². The average molecular weight is 450 g/mol. The number of nitrogens with zero attached hydrogens (tertiary/aromatic N) is 5. The first-order valence-electron chi connectivity index (χ1n) is 8.92. The van der Waals surface area contributed by atoms with E-state index in [-0.39, 0.29) is 29.4 Å². The minimum atomic E-state index is -4.59. The number of sulfonamides is 1. The van der Waals surface area contributed by atoms with Crippen molar-refractivity contribution in [2.24, 2.45) is 7.05 Å². The van der Waals surface area contributed by atoms with Crippen LogP contribution in [0.3, 0.4) is 0 Å². The number of rotatable bonds is 4. The van der Waals surface area contributed by atoms with Crippen molar-refractivity contribution >= 4 is 22.2 Å². The summed E-state index contributed by atoms with van der Waals surface area (Å²) >= 11 is 5.05. The highest BCUT2D eigenvalue weighted by molar-refractivity contribution is 7.89. The molecule has 0 spiro atoms. The van der Waals surface area contributed by atoms with Gasteiger partial charge in [-0.15, -0.1) is 5.10 Å². The van der Waals surface area contributed by atoms with Gasteiger partial charge in [0, 0.05) is 33.2 Å². The second kappa shape index (κ2) is 7.82. The van der Waals surface area contributed by atoms with E-state index in [1.165, 1.54) is 11.4 Å². The zero-order valence-corrected chi connectivity index (χ0v) is 17.9. The predicted molar refractivity (Wildman–Crippen MR) is 103 cm³/mol. The number of alkyl halides is 3. The molecule has 12 heteroatoms. The lowest BCUT2D eigenvalue weighted by molar-refractivity contribution is -0.147. The molecule has 1 saturated heterocycles. The molecule has 160 valence electrons. The highest BCUT2D eigenvalue weighted by atomic mass is 32.2. The summed E-state index contributed by atoms with van der Waals surface area (Å²) in [6, 6.07) is 5.19. The van der Waals surface area contributed by atoms with Crippen LogP contribution in [-0.4, -0.2) is 58.1 Å². The Balaban J connectivity index is 1.71. The fraction of sp³-hybridized carbons (Fsp3) is 0.529. The third kappa shape index (κ3) is 4.39. The summed E-state index contributed by atoms with van der Waals surface area (Å²) in [6.07, 6.45) is -4.59. The standard InChI is InChI=1S/C17H22F3N5O2S2/c1-12-4-5-14(13(2)10-12)29(26,27)24-8-6-23(7-9-24)11-25-16(28)22(3)15(21-25)17(18,19)20/h4-5,10H,6-9,11H2,1-3H3. The van der Waals surface area contributed by atoms with Crippen molar-refractivity contribution in [3.8, 4) is 0 Å². The largest absolute Gasteiger partial charge is 0.451 e. The lowest BCUT2D eigenvalue weighted by atomic mass is 10.2. The Bertz CT molecular complexity index is 1070. The number of aryl methyl sites for hydroxylation is 2. The first kappa shape index (κ1) is 21.9. The van der Waals surface area contributed by atoms with Crippen molar-refractivity contribution in [1.82, 2.24) is 23.6 Å². The Morgan fingerprint density at radius 1 is 1.14 bits per heavy atom. The van der Waals surface area contributed by atoms with E-state index in [2.05, 4.69) is 5.10 Å². The summed E-state index contributed by atoms with van der Waals surface area (Å²) in [4.78, 5) is 2.11. The lowest BCUT2D eigenvalue weighted by Gasteiger charge is -2.34. The molecule has 2 aromatic rings. The van der Waals surface area contributed by atoms with Gasteiger partial charge in [0.2, 0.25) is 15.8 Å². The van der Waals surface area contributed by atoms with Crippen LogP contribution >= 0.6 is 12.2 Å². The minimum Gasteiger partial charge on any atom is -0.299 e. The van der Waals surface area contributed by atoms with E-state index in [9.17, 15) is 21.6 Å². The van der Waals surface area contributed by atoms with Gasteiger partial charge in [0.05, 0.1) is 11.6 Å². The Kier molecular flexibility index (Phi) is 5.91. The summed E-state index contributed by atoms with van der Waals surface area (Å²) < 4.78 is 68.2. The molecule has 7 nitrogen and oxygen atoms in total. The van der Waals surface area contributed by atoms with Gasteiger partial charge in [-0.25, -0.2) is 13.1 Å². The van der Waals surface area contributed by atoms with Gasteiger partial charge in [-0.05, 0) is 37.7 Å². The van der Waals surface area contributed by atoms with E-state index >= 15 is 0 Å². The number of hydrogen-bond donors (Lipinski definition) is 0. The molecular formula is C17H22F3N5O2S2. The fourth-order valence-corrected chi connectivity index (χ4v) is 5.17. The Morgan fingerprint density at radius 3 is 2.28 bits per heavy atom. The second-order valence-electron chi connectivity index (χ2n) is 7.09. The monoisotopic (exact) mass is 449 g/mol. The topological polar surface area (TPSA) is 63.4 Å². The molecule has 0 bridgehead atoms. The van der Waals surface area contributed by atoms with Crippen molar-refractivity contribution in [2.75, 3.05) is 26.2 Å². The van der Waals surface area contributed by atoms with E-state index in [1.54, 1.807) is 19.1 Å². The first-order valence-corrected chi connectivity index (χ1v) is 10.8. The lowest BCUT2D eigenvalue weighted by Crippen LogP contribution is -2.49. The molecule has 1 aromatic heterocycles. The van der Waals surface area contributed by atoms with E-state index in [0.29, 0.717) is 18.7 Å². The van der Waals surface area contributed by atoms with Crippen LogP contribution in [0.5, 0.6) is 0 Å². The van der Waals surface area contributed by atoms with Crippen molar-refractivity contribution in [3.63, 3.8) is 0 Å². The average Bonchev–Trinajstić information content (AvgIpc) is 2.90. The molecule has 0 radical (unpaired) electrons. The molecule has 0 unspecified atom stereocenters. The third-order valence-electron chi connectivity index (χ3n) is 4.91. The fourth-order valence-electron chi connectivity index (χ4n) is 3.36. The quantitative estimate of drug-likeness (QED) is 0.672. The first-order chi connectivity index (χ1) is 13.4. The maximum atomic E-state index is 13.0. The zero-order valence-electron chi connectivity index (χ0n) is 16.3. The summed E-state index contributed by atoms with van der Waals surface area (Å²) in [5, 5.41) is 3.59. The molecular weight excluding hydrogens is 427 g/mol. The van der Waals surface area contributed by atoms with E-state index in [0.717, 1.165) is 14.8 Å². The third-order valence-corrected chi connectivity index (χ3v) is 7.45. The van der Waals surface area contributed by atoms with E-state index in [1.807, 2.05) is 17.9 Å². The molecule has 3 rings (SSSR count). The van der Waals surface area contributed by atoms with Gasteiger partial charge in [-0.2, -0.15) is 17.5 Å². The molecule has 1 aliphatic heterocycles. The Labute approximate surface area is 172 Å². The van der Waals surface area contributed by atoms with Crippen molar-refractivity contribution in [3.05, 3.63) is 39.9 Å². The van der Waals surface area contributed by atoms with Crippen molar-refractivity contribution in [2.45, 2.75) is 31.6 Å².